The summed E-state index contributed by atoms with van der Waals surface area (Å²) in [6.45, 7) is 0. The van der Waals surface area contributed by atoms with E-state index in [2.05, 4.69) is 91.0 Å². The minimum Gasteiger partial charge on any atom is -0.252 e. The third kappa shape index (κ3) is 2.38. The highest BCUT2D eigenvalue weighted by molar-refractivity contribution is 7.22. The van der Waals surface area contributed by atoms with E-state index < -0.39 is 0 Å². The minimum absolute atomic E-state index is 0.363. The van der Waals surface area contributed by atoms with Crippen LogP contribution in [0.15, 0.2) is 121 Å². The molecule has 9 rings (SSSR count). The second kappa shape index (κ2) is 7.25. The van der Waals surface area contributed by atoms with Crippen LogP contribution in [-0.2, 0) is 5.41 Å². The highest BCUT2D eigenvalue weighted by Crippen LogP contribution is 2.66. The number of rotatable bonds is 1. The molecule has 2 aliphatic carbocycles. The number of para-hydroxylation sites is 2. The molecule has 5 aromatic carbocycles. The lowest BCUT2D eigenvalue weighted by atomic mass is 9.70. The normalized spacial score (nSPS) is 16.5. The lowest BCUT2D eigenvalue weighted by Crippen LogP contribution is -2.25. The van der Waals surface area contributed by atoms with E-state index in [4.69, 9.17) is 9.97 Å². The molecular formula is C35H20N2S. The fourth-order valence-electron chi connectivity index (χ4n) is 6.94. The van der Waals surface area contributed by atoms with Gasteiger partial charge in [-0.3, -0.25) is 4.98 Å². The van der Waals surface area contributed by atoms with Crippen molar-refractivity contribution in [1.29, 1.82) is 0 Å². The van der Waals surface area contributed by atoms with Crippen molar-refractivity contribution in [2.75, 3.05) is 0 Å². The van der Waals surface area contributed by atoms with E-state index in [1.165, 1.54) is 53.9 Å². The maximum absolute atomic E-state index is 5.08. The van der Waals surface area contributed by atoms with Crippen LogP contribution >= 0.6 is 11.3 Å². The monoisotopic (exact) mass is 500 g/mol. The van der Waals surface area contributed by atoms with Gasteiger partial charge >= 0.3 is 0 Å². The largest absolute Gasteiger partial charge is 0.252 e. The molecule has 0 saturated heterocycles. The molecule has 2 nitrogen and oxygen atoms in total. The van der Waals surface area contributed by atoms with Gasteiger partial charge in [-0.25, -0.2) is 4.98 Å². The summed E-state index contributed by atoms with van der Waals surface area (Å²) in [6.07, 6.45) is 1.93. The first kappa shape index (κ1) is 20.5. The number of aromatic nitrogens is 2. The van der Waals surface area contributed by atoms with Gasteiger partial charge in [0.15, 0.2) is 0 Å². The Morgan fingerprint density at radius 1 is 0.553 bits per heavy atom. The molecule has 0 fully saturated rings. The molecule has 0 radical (unpaired) electrons. The van der Waals surface area contributed by atoms with E-state index in [0.717, 1.165) is 22.3 Å². The molecule has 1 spiro atoms. The topological polar surface area (TPSA) is 25.8 Å². The Kier molecular flexibility index (Phi) is 3.90. The summed E-state index contributed by atoms with van der Waals surface area (Å²) in [6, 6.07) is 41.7. The van der Waals surface area contributed by atoms with Gasteiger partial charge in [0, 0.05) is 15.1 Å². The van der Waals surface area contributed by atoms with Crippen molar-refractivity contribution in [2.24, 2.45) is 0 Å². The van der Waals surface area contributed by atoms with Gasteiger partial charge in [0.05, 0.1) is 28.3 Å². The number of thiophene rings is 1. The van der Waals surface area contributed by atoms with E-state index in [1.807, 2.05) is 41.8 Å². The highest BCUT2D eigenvalue weighted by Gasteiger charge is 2.53. The Morgan fingerprint density at radius 2 is 1.21 bits per heavy atom. The zero-order valence-electron chi connectivity index (χ0n) is 20.3. The van der Waals surface area contributed by atoms with Crippen LogP contribution in [0, 0.1) is 0 Å². The van der Waals surface area contributed by atoms with E-state index in [9.17, 15) is 0 Å². The van der Waals surface area contributed by atoms with Crippen molar-refractivity contribution in [3.8, 4) is 32.8 Å². The molecule has 2 heterocycles. The summed E-state index contributed by atoms with van der Waals surface area (Å²) in [5, 5.41) is 1.35. The van der Waals surface area contributed by atoms with Gasteiger partial charge in [-0.05, 0) is 62.5 Å². The molecule has 176 valence electrons. The highest BCUT2D eigenvalue weighted by atomic mass is 32.1. The van der Waals surface area contributed by atoms with Gasteiger partial charge in [-0.1, -0.05) is 97.1 Å². The van der Waals surface area contributed by atoms with E-state index in [1.54, 1.807) is 0 Å². The molecule has 0 saturated carbocycles. The number of fused-ring (bicyclic) bond motifs is 13. The SMILES string of the molecule is c1ccc2c(c1)-c1sc3ccccc3c1C21c2ccccc2-c2c(-c3cnc4ccccc4n3)cccc21. The van der Waals surface area contributed by atoms with Crippen LogP contribution in [0.2, 0.25) is 0 Å². The number of hydrogen-bond donors (Lipinski definition) is 0. The van der Waals surface area contributed by atoms with Crippen LogP contribution in [0.3, 0.4) is 0 Å². The van der Waals surface area contributed by atoms with Crippen LogP contribution in [0.1, 0.15) is 22.3 Å². The minimum atomic E-state index is -0.363. The molecular weight excluding hydrogens is 480 g/mol. The Bertz CT molecular complexity index is 2100. The van der Waals surface area contributed by atoms with Gasteiger partial charge in [0.2, 0.25) is 0 Å². The quantitative estimate of drug-likeness (QED) is 0.225. The molecule has 1 unspecified atom stereocenters. The van der Waals surface area contributed by atoms with Crippen LogP contribution in [0.4, 0.5) is 0 Å². The molecule has 2 aliphatic rings. The molecule has 7 aromatic rings. The van der Waals surface area contributed by atoms with Gasteiger partial charge in [-0.15, -0.1) is 11.3 Å². The Balaban J connectivity index is 1.45. The molecule has 0 aliphatic heterocycles. The lowest BCUT2D eigenvalue weighted by Gasteiger charge is -2.30. The van der Waals surface area contributed by atoms with Gasteiger partial charge < -0.3 is 0 Å². The molecule has 3 heteroatoms. The molecule has 1 atom stereocenters. The Morgan fingerprint density at radius 3 is 2.11 bits per heavy atom. The zero-order valence-corrected chi connectivity index (χ0v) is 21.2. The fraction of sp³-hybridized carbons (Fsp3) is 0.0286. The third-order valence-electron chi connectivity index (χ3n) is 8.34. The second-order valence-corrected chi connectivity index (χ2v) is 11.2. The molecule has 0 N–H and O–H groups in total. The van der Waals surface area contributed by atoms with Crippen molar-refractivity contribution < 1.29 is 0 Å². The maximum Gasteiger partial charge on any atom is 0.0899 e. The van der Waals surface area contributed by atoms with Gasteiger partial charge in [0.25, 0.3) is 0 Å². The van der Waals surface area contributed by atoms with Crippen molar-refractivity contribution >= 4 is 32.5 Å². The average Bonchev–Trinajstić information content (AvgIpc) is 3.60. The summed E-state index contributed by atoms with van der Waals surface area (Å²) in [5.74, 6) is 0. The lowest BCUT2D eigenvalue weighted by molar-refractivity contribution is 0.803. The predicted molar refractivity (Wildman–Crippen MR) is 157 cm³/mol. The first-order valence-electron chi connectivity index (χ1n) is 12.9. The maximum atomic E-state index is 5.08. The van der Waals surface area contributed by atoms with Crippen LogP contribution in [0.25, 0.3) is 53.9 Å². The number of benzene rings is 5. The third-order valence-corrected chi connectivity index (χ3v) is 9.54. The van der Waals surface area contributed by atoms with Gasteiger partial charge in [0.1, 0.15) is 0 Å². The molecule has 0 amide bonds. The van der Waals surface area contributed by atoms with Crippen LogP contribution in [0.5, 0.6) is 0 Å². The van der Waals surface area contributed by atoms with Crippen molar-refractivity contribution in [2.45, 2.75) is 5.41 Å². The predicted octanol–water partition coefficient (Wildman–Crippen LogP) is 8.86. The summed E-state index contributed by atoms with van der Waals surface area (Å²) in [4.78, 5) is 11.2. The summed E-state index contributed by atoms with van der Waals surface area (Å²) < 4.78 is 1.34. The summed E-state index contributed by atoms with van der Waals surface area (Å²) >= 11 is 1.92. The molecule has 38 heavy (non-hydrogen) atoms. The smallest absolute Gasteiger partial charge is 0.0899 e. The van der Waals surface area contributed by atoms with E-state index in [0.29, 0.717) is 0 Å². The summed E-state index contributed by atoms with van der Waals surface area (Å²) in [5.41, 5.74) is 12.9. The van der Waals surface area contributed by atoms with Crippen molar-refractivity contribution in [3.05, 3.63) is 144 Å². The first-order chi connectivity index (χ1) is 18.9. The number of nitrogens with zero attached hydrogens (tertiary/aromatic N) is 2. The standard InChI is InChI=1S/C35H20N2S/c1-4-14-25-21(10-1)32-23(30-20-36-28-17-6-7-18-29(28)37-30)13-9-16-27(32)35(25)26-15-5-2-11-22(26)34-33(35)24-12-3-8-19-31(24)38-34/h1-20H. The number of hydrogen-bond acceptors (Lipinski definition) is 3. The average molecular weight is 501 g/mol. The van der Waals surface area contributed by atoms with Gasteiger partial charge in [-0.2, -0.15) is 0 Å². The van der Waals surface area contributed by atoms with Crippen LogP contribution < -0.4 is 0 Å². The molecule has 0 bridgehead atoms. The van der Waals surface area contributed by atoms with E-state index in [-0.39, 0.29) is 5.41 Å². The first-order valence-corrected chi connectivity index (χ1v) is 13.7. The Labute approximate surface area is 223 Å². The van der Waals surface area contributed by atoms with E-state index >= 15 is 0 Å². The van der Waals surface area contributed by atoms with Crippen LogP contribution in [-0.4, -0.2) is 9.97 Å². The second-order valence-electron chi connectivity index (χ2n) is 10.1. The Hall–Kier alpha value is -4.60. The fourth-order valence-corrected chi connectivity index (χ4v) is 8.24. The summed E-state index contributed by atoms with van der Waals surface area (Å²) in [7, 11) is 0. The molecule has 2 aromatic heterocycles. The zero-order chi connectivity index (χ0) is 24.8. The van der Waals surface area contributed by atoms with Crippen molar-refractivity contribution in [1.82, 2.24) is 9.97 Å². The van der Waals surface area contributed by atoms with Crippen molar-refractivity contribution in [3.63, 3.8) is 0 Å².